The summed E-state index contributed by atoms with van der Waals surface area (Å²) in [5.41, 5.74) is 6.38. The molecule has 18 heavy (non-hydrogen) atoms. The van der Waals surface area contributed by atoms with E-state index < -0.39 is 0 Å². The second-order valence-electron chi connectivity index (χ2n) is 5.06. The molecule has 1 aromatic carbocycles. The normalized spacial score (nSPS) is 12.4. The van der Waals surface area contributed by atoms with Crippen molar-refractivity contribution in [2.24, 2.45) is 0 Å². The molecule has 1 atom stereocenters. The lowest BCUT2D eigenvalue weighted by atomic mass is 9.89. The topological polar surface area (TPSA) is 49.3 Å². The Kier molecular flexibility index (Phi) is 4.52. The van der Waals surface area contributed by atoms with Gasteiger partial charge in [0.25, 0.3) is 5.91 Å². The van der Waals surface area contributed by atoms with Gasteiger partial charge in [0.05, 0.1) is 6.61 Å². The van der Waals surface area contributed by atoms with Gasteiger partial charge in [-0.3, -0.25) is 4.79 Å². The van der Waals surface area contributed by atoms with Gasteiger partial charge in [-0.05, 0) is 69.4 Å². The zero-order valence-electron chi connectivity index (χ0n) is 12.1. The smallest absolute Gasteiger partial charge is 0.252 e. The SMILES string of the molecule is Cc1c(C)c(C)c(C(=O)NC(C)CO)c(C)c1C. The number of rotatable bonds is 3. The van der Waals surface area contributed by atoms with Gasteiger partial charge in [-0.2, -0.15) is 0 Å². The molecular weight excluding hydrogens is 226 g/mol. The number of carbonyl (C=O) groups excluding carboxylic acids is 1. The Morgan fingerprint density at radius 1 is 1.00 bits per heavy atom. The van der Waals surface area contributed by atoms with Gasteiger partial charge in [0.15, 0.2) is 0 Å². The predicted octanol–water partition coefficient (Wildman–Crippen LogP) is 2.34. The molecule has 0 fully saturated rings. The van der Waals surface area contributed by atoms with Crippen LogP contribution in [0.2, 0.25) is 0 Å². The molecule has 1 aromatic rings. The standard InChI is InChI=1S/C15H23NO2/c1-8(7-17)16-15(18)14-12(5)10(3)9(2)11(4)13(14)6/h8,17H,7H2,1-6H3,(H,16,18). The molecule has 3 heteroatoms. The molecule has 0 bridgehead atoms. The summed E-state index contributed by atoms with van der Waals surface area (Å²) in [4.78, 5) is 12.2. The van der Waals surface area contributed by atoms with Gasteiger partial charge in [0.1, 0.15) is 0 Å². The first-order chi connectivity index (χ1) is 8.31. The Labute approximate surface area is 109 Å². The quantitative estimate of drug-likeness (QED) is 0.864. The fourth-order valence-electron chi connectivity index (χ4n) is 2.18. The molecule has 0 aliphatic carbocycles. The Morgan fingerprint density at radius 3 is 1.78 bits per heavy atom. The van der Waals surface area contributed by atoms with Crippen LogP contribution < -0.4 is 5.32 Å². The highest BCUT2D eigenvalue weighted by molar-refractivity contribution is 5.98. The van der Waals surface area contributed by atoms with Crippen LogP contribution in [0.15, 0.2) is 0 Å². The van der Waals surface area contributed by atoms with Crippen molar-refractivity contribution >= 4 is 5.91 Å². The highest BCUT2D eigenvalue weighted by atomic mass is 16.3. The van der Waals surface area contributed by atoms with E-state index in [0.29, 0.717) is 0 Å². The minimum Gasteiger partial charge on any atom is -0.394 e. The van der Waals surface area contributed by atoms with E-state index in [4.69, 9.17) is 5.11 Å². The van der Waals surface area contributed by atoms with Crippen molar-refractivity contribution in [3.05, 3.63) is 33.4 Å². The zero-order valence-corrected chi connectivity index (χ0v) is 12.1. The van der Waals surface area contributed by atoms with Crippen molar-refractivity contribution in [3.8, 4) is 0 Å². The van der Waals surface area contributed by atoms with Crippen LogP contribution in [0.4, 0.5) is 0 Å². The molecule has 2 N–H and O–H groups in total. The van der Waals surface area contributed by atoms with Crippen molar-refractivity contribution in [2.75, 3.05) is 6.61 Å². The number of carbonyl (C=O) groups is 1. The molecule has 1 unspecified atom stereocenters. The van der Waals surface area contributed by atoms with Gasteiger partial charge in [-0.1, -0.05) is 0 Å². The van der Waals surface area contributed by atoms with E-state index in [1.165, 1.54) is 16.7 Å². The summed E-state index contributed by atoms with van der Waals surface area (Å²) in [5, 5.41) is 11.8. The van der Waals surface area contributed by atoms with Crippen LogP contribution in [0.1, 0.15) is 45.1 Å². The Bertz CT molecular complexity index is 449. The lowest BCUT2D eigenvalue weighted by Gasteiger charge is -2.19. The first kappa shape index (κ1) is 14.7. The summed E-state index contributed by atoms with van der Waals surface area (Å²) in [7, 11) is 0. The summed E-state index contributed by atoms with van der Waals surface area (Å²) >= 11 is 0. The summed E-state index contributed by atoms with van der Waals surface area (Å²) in [5.74, 6) is -0.0993. The molecule has 0 radical (unpaired) electrons. The van der Waals surface area contributed by atoms with Crippen LogP contribution in [0.5, 0.6) is 0 Å². The molecule has 0 aromatic heterocycles. The molecule has 1 rings (SSSR count). The van der Waals surface area contributed by atoms with E-state index in [9.17, 15) is 4.79 Å². The number of benzene rings is 1. The molecule has 0 saturated heterocycles. The first-order valence-electron chi connectivity index (χ1n) is 6.29. The first-order valence-corrected chi connectivity index (χ1v) is 6.29. The van der Waals surface area contributed by atoms with Crippen LogP contribution in [0.3, 0.4) is 0 Å². The average molecular weight is 249 g/mol. The fraction of sp³-hybridized carbons (Fsp3) is 0.533. The molecule has 0 saturated carbocycles. The molecule has 0 spiro atoms. The molecule has 0 aliphatic rings. The summed E-state index contributed by atoms with van der Waals surface area (Å²) in [6.45, 7) is 11.9. The van der Waals surface area contributed by atoms with Crippen LogP contribution in [0, 0.1) is 34.6 Å². The third-order valence-corrected chi connectivity index (χ3v) is 3.88. The van der Waals surface area contributed by atoms with Crippen molar-refractivity contribution in [3.63, 3.8) is 0 Å². The second-order valence-corrected chi connectivity index (χ2v) is 5.06. The summed E-state index contributed by atoms with van der Waals surface area (Å²) in [6, 6.07) is -0.224. The van der Waals surface area contributed by atoms with Gasteiger partial charge < -0.3 is 10.4 Å². The van der Waals surface area contributed by atoms with Gasteiger partial charge >= 0.3 is 0 Å². The van der Waals surface area contributed by atoms with Gasteiger partial charge in [0, 0.05) is 11.6 Å². The third kappa shape index (κ3) is 2.56. The van der Waals surface area contributed by atoms with Crippen molar-refractivity contribution < 1.29 is 9.90 Å². The van der Waals surface area contributed by atoms with E-state index in [2.05, 4.69) is 12.2 Å². The maximum absolute atomic E-state index is 12.2. The van der Waals surface area contributed by atoms with Gasteiger partial charge in [0.2, 0.25) is 0 Å². The van der Waals surface area contributed by atoms with Crippen molar-refractivity contribution in [2.45, 2.75) is 47.6 Å². The molecule has 0 heterocycles. The molecule has 0 aliphatic heterocycles. The number of hydrogen-bond acceptors (Lipinski definition) is 2. The van der Waals surface area contributed by atoms with Crippen LogP contribution >= 0.6 is 0 Å². The Morgan fingerprint density at radius 2 is 1.39 bits per heavy atom. The molecule has 3 nitrogen and oxygen atoms in total. The maximum atomic E-state index is 12.2. The lowest BCUT2D eigenvalue weighted by molar-refractivity contribution is 0.0921. The second kappa shape index (κ2) is 5.53. The molecule has 100 valence electrons. The minimum atomic E-state index is -0.224. The minimum absolute atomic E-state index is 0.0480. The zero-order chi connectivity index (χ0) is 14.0. The largest absolute Gasteiger partial charge is 0.394 e. The van der Waals surface area contributed by atoms with Crippen molar-refractivity contribution in [1.29, 1.82) is 0 Å². The highest BCUT2D eigenvalue weighted by Gasteiger charge is 2.18. The predicted molar refractivity (Wildman–Crippen MR) is 74.1 cm³/mol. The maximum Gasteiger partial charge on any atom is 0.252 e. The van der Waals surface area contributed by atoms with E-state index in [0.717, 1.165) is 16.7 Å². The monoisotopic (exact) mass is 249 g/mol. The summed E-state index contributed by atoms with van der Waals surface area (Å²) < 4.78 is 0. The third-order valence-electron chi connectivity index (χ3n) is 3.88. The lowest BCUT2D eigenvalue weighted by Crippen LogP contribution is -2.36. The van der Waals surface area contributed by atoms with E-state index in [1.807, 2.05) is 27.7 Å². The molecular formula is C15H23NO2. The van der Waals surface area contributed by atoms with Gasteiger partial charge in [-0.15, -0.1) is 0 Å². The highest BCUT2D eigenvalue weighted by Crippen LogP contribution is 2.25. The number of aliphatic hydroxyl groups is 1. The molecule has 1 amide bonds. The van der Waals surface area contributed by atoms with Gasteiger partial charge in [-0.25, -0.2) is 0 Å². The van der Waals surface area contributed by atoms with Crippen LogP contribution in [-0.4, -0.2) is 23.7 Å². The fourth-order valence-corrected chi connectivity index (χ4v) is 2.18. The van der Waals surface area contributed by atoms with E-state index in [1.54, 1.807) is 6.92 Å². The Hall–Kier alpha value is -1.35. The van der Waals surface area contributed by atoms with E-state index >= 15 is 0 Å². The number of aliphatic hydroxyl groups excluding tert-OH is 1. The number of hydrogen-bond donors (Lipinski definition) is 2. The number of amides is 1. The van der Waals surface area contributed by atoms with E-state index in [-0.39, 0.29) is 18.6 Å². The van der Waals surface area contributed by atoms with Crippen molar-refractivity contribution in [1.82, 2.24) is 5.32 Å². The van der Waals surface area contributed by atoms with Crippen LogP contribution in [-0.2, 0) is 0 Å². The van der Waals surface area contributed by atoms with Crippen LogP contribution in [0.25, 0.3) is 0 Å². The summed E-state index contributed by atoms with van der Waals surface area (Å²) in [6.07, 6.45) is 0. The average Bonchev–Trinajstić information content (AvgIpc) is 2.34. The number of nitrogens with one attached hydrogen (secondary N) is 1. The Balaban J connectivity index is 3.29.